The van der Waals surface area contributed by atoms with E-state index in [9.17, 15) is 9.18 Å². The number of carbonyl (C=O) groups is 1. The van der Waals surface area contributed by atoms with Gasteiger partial charge in [-0.15, -0.1) is 0 Å². The second-order valence-electron chi connectivity index (χ2n) is 3.78. The zero-order valence-electron chi connectivity index (χ0n) is 9.90. The lowest BCUT2D eigenvalue weighted by atomic mass is 10.3. The zero-order valence-corrected chi connectivity index (χ0v) is 11.5. The maximum absolute atomic E-state index is 13.0. The molecule has 0 aliphatic rings. The Morgan fingerprint density at radius 3 is 2.63 bits per heavy atom. The molecule has 5 heteroatoms. The Balaban J connectivity index is 1.88. The van der Waals surface area contributed by atoms with Crippen LogP contribution in [0, 0.1) is 5.82 Å². The smallest absolute Gasteiger partial charge is 0.262 e. The van der Waals surface area contributed by atoms with E-state index in [1.165, 1.54) is 18.2 Å². The van der Waals surface area contributed by atoms with Crippen LogP contribution in [0.4, 0.5) is 10.1 Å². The minimum atomic E-state index is -0.374. The number of ether oxygens (including phenoxy) is 1. The molecule has 0 atom stereocenters. The van der Waals surface area contributed by atoms with Gasteiger partial charge in [0.15, 0.2) is 6.61 Å². The van der Waals surface area contributed by atoms with E-state index in [1.807, 2.05) is 18.2 Å². The van der Waals surface area contributed by atoms with Crippen LogP contribution in [-0.2, 0) is 4.79 Å². The fourth-order valence-corrected chi connectivity index (χ4v) is 1.79. The number of hydrogen-bond donors (Lipinski definition) is 1. The second kappa shape index (κ2) is 6.33. The first-order chi connectivity index (χ1) is 9.15. The van der Waals surface area contributed by atoms with E-state index in [2.05, 4.69) is 21.2 Å². The third kappa shape index (κ3) is 4.06. The third-order valence-corrected chi connectivity index (χ3v) is 2.93. The molecule has 0 aromatic heterocycles. The van der Waals surface area contributed by atoms with Crippen LogP contribution in [0.1, 0.15) is 0 Å². The van der Waals surface area contributed by atoms with E-state index in [4.69, 9.17) is 4.74 Å². The maximum atomic E-state index is 13.0. The summed E-state index contributed by atoms with van der Waals surface area (Å²) in [6, 6.07) is 13.3. The minimum Gasteiger partial charge on any atom is -0.484 e. The van der Waals surface area contributed by atoms with E-state index in [0.29, 0.717) is 15.9 Å². The number of rotatable bonds is 4. The molecule has 0 heterocycles. The summed E-state index contributed by atoms with van der Waals surface area (Å²) >= 11 is 3.05. The standard InChI is InChI=1S/C14H11BrFNO2/c15-12-8-11(6-7-13(12)16)19-9-14(18)17-10-4-2-1-3-5-10/h1-8H,9H2,(H,17,18). The highest BCUT2D eigenvalue weighted by Crippen LogP contribution is 2.21. The van der Waals surface area contributed by atoms with Gasteiger partial charge in [-0.2, -0.15) is 0 Å². The molecular weight excluding hydrogens is 313 g/mol. The van der Waals surface area contributed by atoms with E-state index in [1.54, 1.807) is 12.1 Å². The molecule has 2 aromatic rings. The van der Waals surface area contributed by atoms with Gasteiger partial charge in [0.05, 0.1) is 4.47 Å². The van der Waals surface area contributed by atoms with Crippen molar-refractivity contribution in [3.05, 3.63) is 58.8 Å². The molecule has 98 valence electrons. The molecule has 3 nitrogen and oxygen atoms in total. The quantitative estimate of drug-likeness (QED) is 0.933. The van der Waals surface area contributed by atoms with Crippen LogP contribution in [0.2, 0.25) is 0 Å². The average Bonchev–Trinajstić information content (AvgIpc) is 2.41. The summed E-state index contributed by atoms with van der Waals surface area (Å²) in [6.07, 6.45) is 0. The second-order valence-corrected chi connectivity index (χ2v) is 4.63. The monoisotopic (exact) mass is 323 g/mol. The van der Waals surface area contributed by atoms with Crippen LogP contribution >= 0.6 is 15.9 Å². The van der Waals surface area contributed by atoms with Crippen LogP contribution < -0.4 is 10.1 Å². The Bertz CT molecular complexity index is 575. The van der Waals surface area contributed by atoms with Gasteiger partial charge in [0.2, 0.25) is 0 Å². The van der Waals surface area contributed by atoms with Crippen molar-refractivity contribution in [2.45, 2.75) is 0 Å². The van der Waals surface area contributed by atoms with Gasteiger partial charge in [-0.3, -0.25) is 4.79 Å². The highest BCUT2D eigenvalue weighted by molar-refractivity contribution is 9.10. The Labute approximate surface area is 118 Å². The Morgan fingerprint density at radius 2 is 1.95 bits per heavy atom. The van der Waals surface area contributed by atoms with Crippen molar-refractivity contribution >= 4 is 27.5 Å². The van der Waals surface area contributed by atoms with Crippen molar-refractivity contribution < 1.29 is 13.9 Å². The van der Waals surface area contributed by atoms with Crippen molar-refractivity contribution in [3.63, 3.8) is 0 Å². The number of carbonyl (C=O) groups excluding carboxylic acids is 1. The lowest BCUT2D eigenvalue weighted by molar-refractivity contribution is -0.118. The normalized spacial score (nSPS) is 10.0. The lowest BCUT2D eigenvalue weighted by Gasteiger charge is -2.07. The third-order valence-electron chi connectivity index (χ3n) is 2.32. The number of halogens is 2. The van der Waals surface area contributed by atoms with Gasteiger partial charge in [-0.1, -0.05) is 18.2 Å². The molecule has 1 N–H and O–H groups in total. The first kappa shape index (κ1) is 13.5. The van der Waals surface area contributed by atoms with Crippen LogP contribution in [0.25, 0.3) is 0 Å². The Hall–Kier alpha value is -1.88. The molecule has 2 rings (SSSR count). The van der Waals surface area contributed by atoms with Gasteiger partial charge < -0.3 is 10.1 Å². The molecule has 0 spiro atoms. The highest BCUT2D eigenvalue weighted by atomic mass is 79.9. The fourth-order valence-electron chi connectivity index (χ4n) is 1.43. The number of amides is 1. The number of nitrogens with one attached hydrogen (secondary N) is 1. The van der Waals surface area contributed by atoms with Crippen molar-refractivity contribution in [3.8, 4) is 5.75 Å². The molecule has 0 aliphatic heterocycles. The first-order valence-corrected chi connectivity index (χ1v) is 6.37. The van der Waals surface area contributed by atoms with E-state index >= 15 is 0 Å². The number of hydrogen-bond acceptors (Lipinski definition) is 2. The highest BCUT2D eigenvalue weighted by Gasteiger charge is 2.05. The maximum Gasteiger partial charge on any atom is 0.262 e. The fraction of sp³-hybridized carbons (Fsp3) is 0.0714. The topological polar surface area (TPSA) is 38.3 Å². The van der Waals surface area contributed by atoms with Crippen molar-refractivity contribution in [1.29, 1.82) is 0 Å². The van der Waals surface area contributed by atoms with Crippen molar-refractivity contribution in [2.24, 2.45) is 0 Å². The van der Waals surface area contributed by atoms with E-state index in [0.717, 1.165) is 0 Å². The van der Waals surface area contributed by atoms with Crippen LogP contribution in [-0.4, -0.2) is 12.5 Å². The molecule has 0 bridgehead atoms. The zero-order chi connectivity index (χ0) is 13.7. The Morgan fingerprint density at radius 1 is 1.21 bits per heavy atom. The van der Waals surface area contributed by atoms with Gasteiger partial charge in [-0.25, -0.2) is 4.39 Å². The summed E-state index contributed by atoms with van der Waals surface area (Å²) in [6.45, 7) is -0.132. The van der Waals surface area contributed by atoms with Crippen LogP contribution in [0.15, 0.2) is 53.0 Å². The summed E-state index contributed by atoms with van der Waals surface area (Å²) in [5, 5.41) is 2.69. The van der Waals surface area contributed by atoms with Gasteiger partial charge in [0, 0.05) is 5.69 Å². The molecule has 0 saturated carbocycles. The minimum absolute atomic E-state index is 0.132. The number of benzene rings is 2. The largest absolute Gasteiger partial charge is 0.484 e. The summed E-state index contributed by atoms with van der Waals surface area (Å²) in [5.41, 5.74) is 0.705. The molecule has 1 amide bonds. The molecular formula is C14H11BrFNO2. The molecule has 0 unspecified atom stereocenters. The summed E-state index contributed by atoms with van der Waals surface area (Å²) in [5.74, 6) is -0.218. The Kier molecular flexibility index (Phi) is 4.52. The lowest BCUT2D eigenvalue weighted by Crippen LogP contribution is -2.20. The number of para-hydroxylation sites is 1. The van der Waals surface area contributed by atoms with E-state index in [-0.39, 0.29) is 18.3 Å². The van der Waals surface area contributed by atoms with Crippen molar-refractivity contribution in [1.82, 2.24) is 0 Å². The average molecular weight is 324 g/mol. The summed E-state index contributed by atoms with van der Waals surface area (Å²) < 4.78 is 18.6. The molecule has 0 radical (unpaired) electrons. The molecule has 0 aliphatic carbocycles. The van der Waals surface area contributed by atoms with Crippen molar-refractivity contribution in [2.75, 3.05) is 11.9 Å². The van der Waals surface area contributed by atoms with Gasteiger partial charge in [-0.05, 0) is 46.3 Å². The van der Waals surface area contributed by atoms with Crippen LogP contribution in [0.5, 0.6) is 5.75 Å². The van der Waals surface area contributed by atoms with Crippen LogP contribution in [0.3, 0.4) is 0 Å². The predicted octanol–water partition coefficient (Wildman–Crippen LogP) is 3.61. The molecule has 0 saturated heterocycles. The predicted molar refractivity (Wildman–Crippen MR) is 74.7 cm³/mol. The summed E-state index contributed by atoms with van der Waals surface area (Å²) in [7, 11) is 0. The van der Waals surface area contributed by atoms with Gasteiger partial charge in [0.25, 0.3) is 5.91 Å². The van der Waals surface area contributed by atoms with Gasteiger partial charge >= 0.3 is 0 Å². The molecule has 2 aromatic carbocycles. The van der Waals surface area contributed by atoms with E-state index < -0.39 is 0 Å². The van der Waals surface area contributed by atoms with Gasteiger partial charge in [0.1, 0.15) is 11.6 Å². The first-order valence-electron chi connectivity index (χ1n) is 5.58. The SMILES string of the molecule is O=C(COc1ccc(F)c(Br)c1)Nc1ccccc1. The number of anilines is 1. The molecule has 0 fully saturated rings. The molecule has 19 heavy (non-hydrogen) atoms. The summed E-state index contributed by atoms with van der Waals surface area (Å²) in [4.78, 5) is 11.6.